The number of fused-ring (bicyclic) bond motifs is 3. The summed E-state index contributed by atoms with van der Waals surface area (Å²) >= 11 is 0. The summed E-state index contributed by atoms with van der Waals surface area (Å²) in [6.45, 7) is 19.5. The van der Waals surface area contributed by atoms with Gasteiger partial charge in [-0.15, -0.1) is 0 Å². The molecule has 5 N–H and O–H groups in total. The maximum absolute atomic E-state index is 14.6. The lowest BCUT2D eigenvalue weighted by molar-refractivity contribution is -0.583. The van der Waals surface area contributed by atoms with E-state index in [-0.39, 0.29) is 48.0 Å². The van der Waals surface area contributed by atoms with Crippen LogP contribution in [0.5, 0.6) is 0 Å². The number of benzene rings is 3. The maximum Gasteiger partial charge on any atom is 0.407 e. The van der Waals surface area contributed by atoms with Crippen LogP contribution in [-0.4, -0.2) is 160 Å². The second kappa shape index (κ2) is 28.9. The fourth-order valence-corrected chi connectivity index (χ4v) is 14.2. The highest BCUT2D eigenvalue weighted by atomic mass is 32.2. The first-order valence-electron chi connectivity index (χ1n) is 31.8. The summed E-state index contributed by atoms with van der Waals surface area (Å²) in [7, 11) is -6.96. The minimum atomic E-state index is -3.48. The number of carbonyl (C=O) groups excluding carboxylic acids is 3. The molecule has 0 spiro atoms. The van der Waals surface area contributed by atoms with Crippen LogP contribution in [0.3, 0.4) is 0 Å². The Morgan fingerprint density at radius 3 is 1.32 bits per heavy atom. The number of H-pyrrole nitrogens is 2. The molecule has 6 aliphatic heterocycles. The predicted octanol–water partition coefficient (Wildman–Crippen LogP) is 8.26. The molecule has 6 aliphatic rings. The van der Waals surface area contributed by atoms with Crippen molar-refractivity contribution in [3.8, 4) is 0 Å². The molecule has 3 unspecified atom stereocenters. The van der Waals surface area contributed by atoms with E-state index < -0.39 is 126 Å². The third-order valence-electron chi connectivity index (χ3n) is 17.0. The molecule has 3 fully saturated rings. The molecule has 0 saturated carbocycles. The van der Waals surface area contributed by atoms with Gasteiger partial charge >= 0.3 is 28.3 Å². The molecule has 98 heavy (non-hydrogen) atoms. The van der Waals surface area contributed by atoms with Crippen LogP contribution in [-0.2, 0) is 87.7 Å². The van der Waals surface area contributed by atoms with E-state index in [1.54, 1.807) is 74.7 Å². The zero-order valence-electron chi connectivity index (χ0n) is 56.1. The van der Waals surface area contributed by atoms with Gasteiger partial charge in [0.2, 0.25) is 5.69 Å². The third kappa shape index (κ3) is 18.2. The highest BCUT2D eigenvalue weighted by molar-refractivity contribution is 7.89. The van der Waals surface area contributed by atoms with Gasteiger partial charge in [0.15, 0.2) is 0 Å². The summed E-state index contributed by atoms with van der Waals surface area (Å²) in [5.74, 6) is -3.60. The summed E-state index contributed by atoms with van der Waals surface area (Å²) in [6.07, 6.45) is 3.81. The molecule has 9 heterocycles. The average molecular weight is 1420 g/mol. The monoisotopic (exact) mass is 1420 g/mol. The molecular formula is C65H83F6N12O13S2+. The van der Waals surface area contributed by atoms with Crippen molar-refractivity contribution in [1.29, 1.82) is 0 Å². The van der Waals surface area contributed by atoms with Crippen LogP contribution < -0.4 is 20.0 Å². The number of rotatable bonds is 11. The fourth-order valence-electron chi connectivity index (χ4n) is 12.8. The van der Waals surface area contributed by atoms with Gasteiger partial charge in [-0.2, -0.15) is 27.8 Å². The number of aromatic amines is 2. The Labute approximate surface area is 564 Å². The Kier molecular flexibility index (Phi) is 21.5. The summed E-state index contributed by atoms with van der Waals surface area (Å²) in [5.41, 5.74) is 3.09. The minimum absolute atomic E-state index is 0.00129. The molecule has 0 aliphatic carbocycles. The zero-order chi connectivity index (χ0) is 71.1. The van der Waals surface area contributed by atoms with Gasteiger partial charge in [0, 0.05) is 89.0 Å². The Bertz CT molecular complexity index is 4100. The predicted molar refractivity (Wildman–Crippen MR) is 340 cm³/mol. The number of carbonyl (C=O) groups is 3. The molecule has 25 nitrogen and oxygen atoms in total. The summed E-state index contributed by atoms with van der Waals surface area (Å²) in [5, 5.41) is 22.3. The number of aromatic nitrogens is 6. The van der Waals surface area contributed by atoms with E-state index in [0.717, 1.165) is 104 Å². The Balaban J connectivity index is 0.000000160. The van der Waals surface area contributed by atoms with Crippen molar-refractivity contribution in [3.63, 3.8) is 0 Å². The van der Waals surface area contributed by atoms with E-state index in [2.05, 4.69) is 46.1 Å². The molecular weight excluding hydrogens is 1330 g/mol. The van der Waals surface area contributed by atoms with Crippen molar-refractivity contribution in [1.82, 2.24) is 55.1 Å². The van der Waals surface area contributed by atoms with Crippen molar-refractivity contribution >= 4 is 38.3 Å². The van der Waals surface area contributed by atoms with E-state index in [4.69, 9.17) is 28.4 Å². The highest BCUT2D eigenvalue weighted by Gasteiger charge is 2.45. The minimum Gasteiger partial charge on any atom is -0.444 e. The van der Waals surface area contributed by atoms with Crippen molar-refractivity contribution in [2.75, 3.05) is 32.3 Å². The molecule has 9 atom stereocenters. The molecule has 3 amide bonds. The van der Waals surface area contributed by atoms with Crippen molar-refractivity contribution in [3.05, 3.63) is 159 Å². The normalized spacial score (nSPS) is 23.8. The quantitative estimate of drug-likeness (QED) is 0.0463. The van der Waals surface area contributed by atoms with Gasteiger partial charge in [-0.3, -0.25) is 19.8 Å². The highest BCUT2D eigenvalue weighted by Crippen LogP contribution is 2.39. The van der Waals surface area contributed by atoms with E-state index in [9.17, 15) is 57.6 Å². The van der Waals surface area contributed by atoms with Gasteiger partial charge < -0.3 is 44.4 Å². The number of hydrogen-bond donors (Lipinski definition) is 5. The van der Waals surface area contributed by atoms with Gasteiger partial charge in [0.25, 0.3) is 10.0 Å². The second-order valence-corrected chi connectivity index (χ2v) is 32.0. The lowest BCUT2D eigenvalue weighted by Gasteiger charge is -2.40. The molecule has 534 valence electrons. The van der Waals surface area contributed by atoms with Gasteiger partial charge in [0.1, 0.15) is 76.3 Å². The molecule has 3 saturated heterocycles. The molecule has 3 aromatic carbocycles. The molecule has 6 aromatic rings. The van der Waals surface area contributed by atoms with E-state index in [0.29, 0.717) is 70.0 Å². The van der Waals surface area contributed by atoms with Crippen LogP contribution in [0.25, 0.3) is 0 Å². The number of nitrogens with zero attached hydrogens (tertiary/aromatic N) is 7. The summed E-state index contributed by atoms with van der Waals surface area (Å²) in [6, 6.07) is 7.17. The summed E-state index contributed by atoms with van der Waals surface area (Å²) in [4.78, 5) is 43.8. The number of halogens is 6. The molecule has 33 heteroatoms. The maximum atomic E-state index is 14.6. The van der Waals surface area contributed by atoms with Crippen LogP contribution in [0.2, 0.25) is 0 Å². The number of alkyl carbamates (subject to hydrolysis) is 3. The average Bonchev–Trinajstić information content (AvgIpc) is 1.50. The van der Waals surface area contributed by atoms with Gasteiger partial charge in [-0.05, 0) is 136 Å². The fraction of sp³-hybridized carbons (Fsp3) is 0.538. The van der Waals surface area contributed by atoms with Crippen LogP contribution in [0.4, 0.5) is 40.7 Å². The molecule has 3 aromatic heterocycles. The number of amides is 3. The standard InChI is InChI=1S/2C22H28F2N4O5S.C21H26F2N4O3/c1-22(2,3)33-21(29)25-18-8-15(12-32-20(18)16-7-14(23)5-6-17(16)24)27-9-13-10-28(34(4,30)31)26-19(13)11-27;1-22(2,3)33-21(29)26-18-8-15(12-32-20(18)16-7-14(23)5-6-17(16)24)27-10-13-9-25-28(19(13)11-27)34(4,30)31;1-21(2,3)30-20(28)25-17-7-14(27-9-12-8-24-26-18(12)10-27)11-29-19(17)15-6-13(22)4-5-16(15)23/h5-7,10,15,18,20H,8-9,11-12H2,1-4H3,(H,25,29);5-7,9,15,18,20H,8,10-12H2,1-4H3,(H,26,29);4-6,8,14,17,19H,7,9-11H2,1-3H3,(H,24,26)(H,25,28)/p+1/t2*15-,18+,20?;14-,17+,19?/m111/s1. The van der Waals surface area contributed by atoms with E-state index in [1.807, 2.05) is 4.90 Å². The topological polar surface area (TPSA) is 287 Å². The Hall–Kier alpha value is -7.66. The lowest BCUT2D eigenvalue weighted by Crippen LogP contribution is -2.52. The Morgan fingerprint density at radius 2 is 0.939 bits per heavy atom. The Morgan fingerprint density at radius 1 is 0.551 bits per heavy atom. The first-order chi connectivity index (χ1) is 45.8. The molecule has 0 bridgehead atoms. The van der Waals surface area contributed by atoms with Crippen LogP contribution in [0, 0.1) is 34.9 Å². The van der Waals surface area contributed by atoms with E-state index >= 15 is 0 Å². The first kappa shape index (κ1) is 73.1. The third-order valence-corrected chi connectivity index (χ3v) is 18.9. The lowest BCUT2D eigenvalue weighted by atomic mass is 9.92. The molecule has 0 radical (unpaired) electrons. The largest absolute Gasteiger partial charge is 0.444 e. The van der Waals surface area contributed by atoms with Crippen LogP contribution in [0.15, 0.2) is 73.2 Å². The van der Waals surface area contributed by atoms with Gasteiger partial charge in [0.05, 0.1) is 80.1 Å². The number of hydrogen-bond acceptors (Lipinski definition) is 18. The SMILES string of the molecule is CC(C)(C)OC(=O)N[C@H]1C[C@@H](N2Cc3c[nH][n+](S(C)(=O)=O)c3C2)COC1c1cc(F)ccc1F.CC(C)(C)OC(=O)N[C@H]1C[C@@H](N2Cc3cn(S(C)(=O)=O)nc3C2)COC1c1cc(F)ccc1F.CC(C)(C)OC(=O)N[C@H]1C[C@@H](N2Cc3cn[nH]c3C2)COC1c1cc(F)ccc1F. The van der Waals surface area contributed by atoms with E-state index in [1.165, 1.54) is 6.20 Å². The zero-order valence-corrected chi connectivity index (χ0v) is 57.8. The van der Waals surface area contributed by atoms with Crippen LogP contribution in [0.1, 0.15) is 150 Å². The van der Waals surface area contributed by atoms with Crippen molar-refractivity contribution in [2.45, 2.75) is 192 Å². The van der Waals surface area contributed by atoms with Crippen LogP contribution >= 0.6 is 0 Å². The number of ether oxygens (including phenoxy) is 6. The van der Waals surface area contributed by atoms with Gasteiger partial charge in [-0.1, -0.05) is 0 Å². The van der Waals surface area contributed by atoms with Crippen molar-refractivity contribution < 1.29 is 90.1 Å². The summed E-state index contributed by atoms with van der Waals surface area (Å²) < 4.78 is 169. The van der Waals surface area contributed by atoms with Crippen molar-refractivity contribution in [2.24, 2.45) is 0 Å². The number of nitrogens with one attached hydrogen (secondary N) is 5. The van der Waals surface area contributed by atoms with Gasteiger partial charge in [-0.25, -0.2) is 49.1 Å². The first-order valence-corrected chi connectivity index (χ1v) is 35.5. The molecule has 12 rings (SSSR count). The smallest absolute Gasteiger partial charge is 0.407 e. The second-order valence-electron chi connectivity index (χ2n) is 28.3.